The predicted molar refractivity (Wildman–Crippen MR) is 98.4 cm³/mol. The molecular formula is C21H27NO2. The standard InChI is InChI=1S/C21H27NO2/c1-6-19(24-20-10-8-7-9-15(20)3)21(23)22-17(5)18-12-11-14(2)13-16(18)4/h7-13,17,19H,6H2,1-5H3,(H,22,23)/t17-,19+/m0/s1. The summed E-state index contributed by atoms with van der Waals surface area (Å²) in [5, 5.41) is 3.08. The van der Waals surface area contributed by atoms with Gasteiger partial charge in [0.05, 0.1) is 6.04 Å². The van der Waals surface area contributed by atoms with Crippen molar-refractivity contribution in [3.8, 4) is 5.75 Å². The number of carbonyl (C=O) groups is 1. The smallest absolute Gasteiger partial charge is 0.261 e. The van der Waals surface area contributed by atoms with Gasteiger partial charge in [-0.25, -0.2) is 0 Å². The van der Waals surface area contributed by atoms with Gasteiger partial charge in [-0.15, -0.1) is 0 Å². The van der Waals surface area contributed by atoms with Gasteiger partial charge < -0.3 is 10.1 Å². The molecule has 2 aromatic carbocycles. The highest BCUT2D eigenvalue weighted by Gasteiger charge is 2.21. The second-order valence-electron chi connectivity index (χ2n) is 6.37. The first-order valence-corrected chi connectivity index (χ1v) is 8.52. The molecule has 2 atom stereocenters. The second kappa shape index (κ2) is 8.00. The van der Waals surface area contributed by atoms with E-state index in [-0.39, 0.29) is 11.9 Å². The first-order chi connectivity index (χ1) is 11.4. The molecule has 0 saturated heterocycles. The van der Waals surface area contributed by atoms with E-state index < -0.39 is 6.10 Å². The Bertz CT molecular complexity index is 709. The van der Waals surface area contributed by atoms with Crippen molar-refractivity contribution in [2.24, 2.45) is 0 Å². The van der Waals surface area contributed by atoms with Crippen LogP contribution in [0.4, 0.5) is 0 Å². The van der Waals surface area contributed by atoms with E-state index >= 15 is 0 Å². The highest BCUT2D eigenvalue weighted by molar-refractivity contribution is 5.81. The maximum absolute atomic E-state index is 12.6. The Morgan fingerprint density at radius 3 is 2.42 bits per heavy atom. The lowest BCUT2D eigenvalue weighted by molar-refractivity contribution is -0.128. The predicted octanol–water partition coefficient (Wildman–Crippen LogP) is 4.65. The van der Waals surface area contributed by atoms with E-state index in [0.717, 1.165) is 16.9 Å². The number of ether oxygens (including phenoxy) is 1. The van der Waals surface area contributed by atoms with Gasteiger partial charge in [-0.3, -0.25) is 4.79 Å². The van der Waals surface area contributed by atoms with Crippen LogP contribution in [0.3, 0.4) is 0 Å². The molecule has 0 fully saturated rings. The number of nitrogens with one attached hydrogen (secondary N) is 1. The van der Waals surface area contributed by atoms with Gasteiger partial charge in [-0.05, 0) is 56.9 Å². The normalized spacial score (nSPS) is 13.2. The van der Waals surface area contributed by atoms with Crippen LogP contribution in [0.15, 0.2) is 42.5 Å². The number of carbonyl (C=O) groups excluding carboxylic acids is 1. The molecular weight excluding hydrogens is 298 g/mol. The van der Waals surface area contributed by atoms with E-state index in [2.05, 4.69) is 37.4 Å². The monoisotopic (exact) mass is 325 g/mol. The lowest BCUT2D eigenvalue weighted by Crippen LogP contribution is -2.39. The summed E-state index contributed by atoms with van der Waals surface area (Å²) in [6.45, 7) is 10.1. The van der Waals surface area contributed by atoms with Crippen molar-refractivity contribution >= 4 is 5.91 Å². The van der Waals surface area contributed by atoms with Crippen LogP contribution in [-0.2, 0) is 4.79 Å². The van der Waals surface area contributed by atoms with E-state index in [1.54, 1.807) is 0 Å². The molecule has 0 aliphatic carbocycles. The zero-order chi connectivity index (χ0) is 17.7. The van der Waals surface area contributed by atoms with Crippen LogP contribution >= 0.6 is 0 Å². The van der Waals surface area contributed by atoms with Crippen LogP contribution in [0.1, 0.15) is 48.6 Å². The number of rotatable bonds is 6. The molecule has 2 rings (SSSR count). The minimum atomic E-state index is -0.487. The van der Waals surface area contributed by atoms with Gasteiger partial charge in [0.15, 0.2) is 6.10 Å². The van der Waals surface area contributed by atoms with E-state index in [4.69, 9.17) is 4.74 Å². The number of para-hydroxylation sites is 1. The fraction of sp³-hybridized carbons (Fsp3) is 0.381. The van der Waals surface area contributed by atoms with Crippen molar-refractivity contribution in [2.75, 3.05) is 0 Å². The first-order valence-electron chi connectivity index (χ1n) is 8.52. The average Bonchev–Trinajstić information content (AvgIpc) is 2.53. The van der Waals surface area contributed by atoms with Crippen molar-refractivity contribution in [1.82, 2.24) is 5.32 Å². The maximum atomic E-state index is 12.6. The summed E-state index contributed by atoms with van der Waals surface area (Å²) >= 11 is 0. The molecule has 0 heterocycles. The van der Waals surface area contributed by atoms with E-state index in [0.29, 0.717) is 6.42 Å². The number of benzene rings is 2. The first kappa shape index (κ1) is 18.1. The Morgan fingerprint density at radius 1 is 1.08 bits per heavy atom. The number of hydrogen-bond donors (Lipinski definition) is 1. The van der Waals surface area contributed by atoms with E-state index in [9.17, 15) is 4.79 Å². The molecule has 0 unspecified atom stereocenters. The fourth-order valence-electron chi connectivity index (χ4n) is 2.86. The van der Waals surface area contributed by atoms with E-state index in [1.807, 2.05) is 45.0 Å². The molecule has 0 aliphatic heterocycles. The highest BCUT2D eigenvalue weighted by atomic mass is 16.5. The summed E-state index contributed by atoms with van der Waals surface area (Å²) in [6, 6.07) is 14.0. The van der Waals surface area contributed by atoms with Crippen LogP contribution in [-0.4, -0.2) is 12.0 Å². The molecule has 0 radical (unpaired) electrons. The highest BCUT2D eigenvalue weighted by Crippen LogP contribution is 2.21. The molecule has 128 valence electrons. The van der Waals surface area contributed by atoms with Gasteiger partial charge >= 0.3 is 0 Å². The minimum absolute atomic E-state index is 0.0485. The van der Waals surface area contributed by atoms with Gasteiger partial charge in [0.25, 0.3) is 5.91 Å². The zero-order valence-corrected chi connectivity index (χ0v) is 15.2. The van der Waals surface area contributed by atoms with Gasteiger partial charge in [-0.1, -0.05) is 48.9 Å². The number of hydrogen-bond acceptors (Lipinski definition) is 2. The summed E-state index contributed by atoms with van der Waals surface area (Å²) in [5.41, 5.74) is 4.59. The number of amides is 1. The molecule has 3 heteroatoms. The Labute approximate surface area is 145 Å². The molecule has 3 nitrogen and oxygen atoms in total. The van der Waals surface area contributed by atoms with E-state index in [1.165, 1.54) is 11.1 Å². The van der Waals surface area contributed by atoms with Crippen LogP contribution < -0.4 is 10.1 Å². The second-order valence-corrected chi connectivity index (χ2v) is 6.37. The Morgan fingerprint density at radius 2 is 1.79 bits per heavy atom. The summed E-state index contributed by atoms with van der Waals surface area (Å²) in [7, 11) is 0. The molecule has 0 spiro atoms. The van der Waals surface area contributed by atoms with Crippen molar-refractivity contribution in [3.63, 3.8) is 0 Å². The van der Waals surface area contributed by atoms with Gasteiger partial charge in [-0.2, -0.15) is 0 Å². The van der Waals surface area contributed by atoms with Crippen LogP contribution in [0.25, 0.3) is 0 Å². The third-order valence-electron chi connectivity index (χ3n) is 4.28. The van der Waals surface area contributed by atoms with Crippen LogP contribution in [0, 0.1) is 20.8 Å². The van der Waals surface area contributed by atoms with Crippen molar-refractivity contribution in [1.29, 1.82) is 0 Å². The summed E-state index contributed by atoms with van der Waals surface area (Å²) in [6.07, 6.45) is 0.138. The number of aryl methyl sites for hydroxylation is 3. The van der Waals surface area contributed by atoms with Gasteiger partial charge in [0.2, 0.25) is 0 Å². The molecule has 0 aromatic heterocycles. The summed E-state index contributed by atoms with van der Waals surface area (Å²) < 4.78 is 5.93. The maximum Gasteiger partial charge on any atom is 0.261 e. The zero-order valence-electron chi connectivity index (χ0n) is 15.2. The topological polar surface area (TPSA) is 38.3 Å². The minimum Gasteiger partial charge on any atom is -0.480 e. The van der Waals surface area contributed by atoms with Crippen LogP contribution in [0.5, 0.6) is 5.75 Å². The lowest BCUT2D eigenvalue weighted by atomic mass is 10.00. The molecule has 0 saturated carbocycles. The molecule has 1 amide bonds. The SMILES string of the molecule is CC[C@@H](Oc1ccccc1C)C(=O)N[C@@H](C)c1ccc(C)cc1C. The molecule has 0 aliphatic rings. The largest absolute Gasteiger partial charge is 0.480 e. The third kappa shape index (κ3) is 4.38. The van der Waals surface area contributed by atoms with Gasteiger partial charge in [0.1, 0.15) is 5.75 Å². The molecule has 24 heavy (non-hydrogen) atoms. The quantitative estimate of drug-likeness (QED) is 0.840. The Balaban J connectivity index is 2.07. The molecule has 2 aromatic rings. The van der Waals surface area contributed by atoms with Crippen molar-refractivity contribution in [3.05, 3.63) is 64.7 Å². The lowest BCUT2D eigenvalue weighted by Gasteiger charge is -2.22. The summed E-state index contributed by atoms with van der Waals surface area (Å²) in [5.74, 6) is 0.687. The Hall–Kier alpha value is -2.29. The molecule has 1 N–H and O–H groups in total. The van der Waals surface area contributed by atoms with Gasteiger partial charge in [0, 0.05) is 0 Å². The Kier molecular flexibility index (Phi) is 6.02. The molecule has 0 bridgehead atoms. The third-order valence-corrected chi connectivity index (χ3v) is 4.28. The van der Waals surface area contributed by atoms with Crippen LogP contribution in [0.2, 0.25) is 0 Å². The van der Waals surface area contributed by atoms with Crippen molar-refractivity contribution in [2.45, 2.75) is 53.2 Å². The average molecular weight is 325 g/mol. The fourth-order valence-corrected chi connectivity index (χ4v) is 2.86. The summed E-state index contributed by atoms with van der Waals surface area (Å²) in [4.78, 5) is 12.6. The van der Waals surface area contributed by atoms with Crippen molar-refractivity contribution < 1.29 is 9.53 Å².